The van der Waals surface area contributed by atoms with Crippen LogP contribution in [0, 0.1) is 0 Å². The number of hydrogen-bond donors (Lipinski definition) is 1. The highest BCUT2D eigenvalue weighted by molar-refractivity contribution is 5.94. The average Bonchev–Trinajstić information content (AvgIpc) is 2.40. The van der Waals surface area contributed by atoms with Crippen LogP contribution in [0.3, 0.4) is 0 Å². The minimum atomic E-state index is -0.409. The van der Waals surface area contributed by atoms with E-state index in [9.17, 15) is 4.79 Å². The molecule has 1 fully saturated rings. The van der Waals surface area contributed by atoms with Crippen LogP contribution < -0.4 is 10.5 Å². The summed E-state index contributed by atoms with van der Waals surface area (Å²) in [5.74, 6) is 0.00945. The smallest absolute Gasteiger partial charge is 0.341 e. The van der Waals surface area contributed by atoms with Crippen LogP contribution in [0.15, 0.2) is 18.2 Å². The summed E-state index contributed by atoms with van der Waals surface area (Å²) >= 11 is 0. The van der Waals surface area contributed by atoms with Crippen LogP contribution in [-0.2, 0) is 9.47 Å². The molecule has 2 rings (SSSR count). The Hall–Kier alpha value is -1.75. The molecule has 0 spiro atoms. The highest BCUT2D eigenvalue weighted by Gasteiger charge is 2.28. The van der Waals surface area contributed by atoms with Gasteiger partial charge < -0.3 is 19.9 Å². The number of nitrogen functional groups attached to an aromatic ring is 1. The van der Waals surface area contributed by atoms with Crippen LogP contribution in [0.25, 0.3) is 0 Å². The molecule has 1 aliphatic heterocycles. The first-order valence-corrected chi connectivity index (χ1v) is 7.39. The second-order valence-electron chi connectivity index (χ2n) is 5.41. The molecule has 5 heteroatoms. The summed E-state index contributed by atoms with van der Waals surface area (Å²) < 4.78 is 16.8. The van der Waals surface area contributed by atoms with E-state index in [4.69, 9.17) is 19.9 Å². The van der Waals surface area contributed by atoms with Crippen molar-refractivity contribution in [2.24, 2.45) is 0 Å². The maximum absolute atomic E-state index is 12.0. The van der Waals surface area contributed by atoms with E-state index in [1.54, 1.807) is 25.1 Å². The SMILES string of the molecule is CCOC(=O)c1cccc(N)c1OC1CC(C)OC(C)C1. The third kappa shape index (κ3) is 3.88. The van der Waals surface area contributed by atoms with Gasteiger partial charge in [0.1, 0.15) is 11.7 Å². The zero-order valence-corrected chi connectivity index (χ0v) is 12.8. The van der Waals surface area contributed by atoms with Crippen molar-refractivity contribution in [2.45, 2.75) is 51.9 Å². The normalized spacial score (nSPS) is 25.4. The van der Waals surface area contributed by atoms with Crippen molar-refractivity contribution in [3.63, 3.8) is 0 Å². The zero-order chi connectivity index (χ0) is 15.4. The summed E-state index contributed by atoms with van der Waals surface area (Å²) in [4.78, 5) is 12.0. The van der Waals surface area contributed by atoms with Crippen LogP contribution in [0.5, 0.6) is 5.75 Å². The van der Waals surface area contributed by atoms with Gasteiger partial charge in [-0.05, 0) is 32.9 Å². The number of esters is 1. The lowest BCUT2D eigenvalue weighted by molar-refractivity contribution is -0.0721. The lowest BCUT2D eigenvalue weighted by Crippen LogP contribution is -2.36. The van der Waals surface area contributed by atoms with Crippen molar-refractivity contribution in [3.05, 3.63) is 23.8 Å². The summed E-state index contributed by atoms with van der Waals surface area (Å²) in [6.45, 7) is 6.13. The lowest BCUT2D eigenvalue weighted by atomic mass is 10.0. The van der Waals surface area contributed by atoms with Crippen molar-refractivity contribution in [2.75, 3.05) is 12.3 Å². The molecule has 116 valence electrons. The number of hydrogen-bond acceptors (Lipinski definition) is 5. The standard InChI is InChI=1S/C16H23NO4/c1-4-19-16(18)13-6-5-7-14(17)15(13)21-12-8-10(2)20-11(3)9-12/h5-7,10-12H,4,8-9,17H2,1-3H3. The maximum Gasteiger partial charge on any atom is 0.341 e. The van der Waals surface area contributed by atoms with Gasteiger partial charge in [-0.3, -0.25) is 0 Å². The molecule has 1 heterocycles. The largest absolute Gasteiger partial charge is 0.487 e. The second-order valence-corrected chi connectivity index (χ2v) is 5.41. The van der Waals surface area contributed by atoms with E-state index in [0.29, 0.717) is 23.6 Å². The van der Waals surface area contributed by atoms with E-state index < -0.39 is 5.97 Å². The Bertz CT molecular complexity index is 493. The van der Waals surface area contributed by atoms with Gasteiger partial charge in [0, 0.05) is 12.8 Å². The Labute approximate surface area is 125 Å². The van der Waals surface area contributed by atoms with Crippen LogP contribution in [-0.4, -0.2) is 30.9 Å². The minimum absolute atomic E-state index is 0.0124. The van der Waals surface area contributed by atoms with Gasteiger partial charge in [0.15, 0.2) is 5.75 Å². The Kier molecular flexibility index (Phi) is 5.07. The lowest BCUT2D eigenvalue weighted by Gasteiger charge is -2.32. The fraction of sp³-hybridized carbons (Fsp3) is 0.562. The average molecular weight is 293 g/mol. The molecule has 0 bridgehead atoms. The van der Waals surface area contributed by atoms with Gasteiger partial charge in [-0.15, -0.1) is 0 Å². The van der Waals surface area contributed by atoms with Crippen molar-refractivity contribution < 1.29 is 19.0 Å². The van der Waals surface area contributed by atoms with Crippen LogP contribution in [0.2, 0.25) is 0 Å². The molecular weight excluding hydrogens is 270 g/mol. The maximum atomic E-state index is 12.0. The first-order chi connectivity index (χ1) is 10.0. The van der Waals surface area contributed by atoms with Crippen molar-refractivity contribution in [1.29, 1.82) is 0 Å². The van der Waals surface area contributed by atoms with Crippen molar-refractivity contribution in [3.8, 4) is 5.75 Å². The van der Waals surface area contributed by atoms with Gasteiger partial charge in [0.25, 0.3) is 0 Å². The number of ether oxygens (including phenoxy) is 3. The van der Waals surface area contributed by atoms with Crippen molar-refractivity contribution in [1.82, 2.24) is 0 Å². The number of nitrogens with two attached hydrogens (primary N) is 1. The first-order valence-electron chi connectivity index (χ1n) is 7.39. The van der Waals surface area contributed by atoms with Gasteiger partial charge >= 0.3 is 5.97 Å². The minimum Gasteiger partial charge on any atom is -0.487 e. The summed E-state index contributed by atoms with van der Waals surface area (Å²) in [5, 5.41) is 0. The number of para-hydroxylation sites is 1. The molecule has 2 unspecified atom stereocenters. The Morgan fingerprint density at radius 3 is 2.62 bits per heavy atom. The van der Waals surface area contributed by atoms with Gasteiger partial charge in [0.2, 0.25) is 0 Å². The number of carbonyl (C=O) groups excluding carboxylic acids is 1. The number of rotatable bonds is 4. The molecule has 21 heavy (non-hydrogen) atoms. The summed E-state index contributed by atoms with van der Waals surface area (Å²) in [6.07, 6.45) is 1.81. The van der Waals surface area contributed by atoms with Crippen molar-refractivity contribution >= 4 is 11.7 Å². The molecule has 1 aromatic rings. The van der Waals surface area contributed by atoms with Gasteiger partial charge in [-0.1, -0.05) is 6.07 Å². The van der Waals surface area contributed by atoms with Gasteiger partial charge in [-0.2, -0.15) is 0 Å². The number of benzene rings is 1. The molecule has 0 aromatic heterocycles. The molecular formula is C16H23NO4. The van der Waals surface area contributed by atoms with E-state index in [1.165, 1.54) is 0 Å². The number of anilines is 1. The summed E-state index contributed by atoms with van der Waals surface area (Å²) in [5.41, 5.74) is 6.81. The predicted octanol–water partition coefficient (Wildman–Crippen LogP) is 2.78. The molecule has 1 saturated heterocycles. The topological polar surface area (TPSA) is 70.8 Å². The van der Waals surface area contributed by atoms with Crippen LogP contribution in [0.4, 0.5) is 5.69 Å². The fourth-order valence-corrected chi connectivity index (χ4v) is 2.66. The molecule has 1 aliphatic rings. The monoisotopic (exact) mass is 293 g/mol. The third-order valence-electron chi connectivity index (χ3n) is 3.48. The Morgan fingerprint density at radius 2 is 2.00 bits per heavy atom. The molecule has 5 nitrogen and oxygen atoms in total. The highest BCUT2D eigenvalue weighted by atomic mass is 16.5. The molecule has 0 aliphatic carbocycles. The van der Waals surface area contributed by atoms with Crippen LogP contribution in [0.1, 0.15) is 44.0 Å². The fourth-order valence-electron chi connectivity index (χ4n) is 2.66. The zero-order valence-electron chi connectivity index (χ0n) is 12.8. The van der Waals surface area contributed by atoms with Gasteiger partial charge in [-0.25, -0.2) is 4.79 Å². The van der Waals surface area contributed by atoms with E-state index in [2.05, 4.69) is 0 Å². The molecule has 0 radical (unpaired) electrons. The Morgan fingerprint density at radius 1 is 1.33 bits per heavy atom. The van der Waals surface area contributed by atoms with E-state index in [0.717, 1.165) is 12.8 Å². The molecule has 2 N–H and O–H groups in total. The van der Waals surface area contributed by atoms with Crippen LogP contribution >= 0.6 is 0 Å². The predicted molar refractivity (Wildman–Crippen MR) is 80.5 cm³/mol. The first kappa shape index (κ1) is 15.6. The molecule has 1 aromatic carbocycles. The highest BCUT2D eigenvalue weighted by Crippen LogP contribution is 2.31. The van der Waals surface area contributed by atoms with E-state index in [-0.39, 0.29) is 18.3 Å². The molecule has 0 saturated carbocycles. The van der Waals surface area contributed by atoms with E-state index in [1.807, 2.05) is 13.8 Å². The quantitative estimate of drug-likeness (QED) is 0.682. The Balaban J connectivity index is 2.20. The number of carbonyl (C=O) groups is 1. The molecule has 0 amide bonds. The third-order valence-corrected chi connectivity index (χ3v) is 3.48. The second kappa shape index (κ2) is 6.80. The summed E-state index contributed by atoms with van der Waals surface area (Å²) in [7, 11) is 0. The molecule has 2 atom stereocenters. The summed E-state index contributed by atoms with van der Waals surface area (Å²) in [6, 6.07) is 5.13. The van der Waals surface area contributed by atoms with E-state index >= 15 is 0 Å². The van der Waals surface area contributed by atoms with Gasteiger partial charge in [0.05, 0.1) is 24.5 Å².